The fraction of sp³-hybridized carbons (Fsp3) is 0.500. The topological polar surface area (TPSA) is 70.5 Å². The number of carbonyl (C=O) groups excluding carboxylic acids is 1. The third-order valence-electron chi connectivity index (χ3n) is 3.46. The Morgan fingerprint density at radius 2 is 2.05 bits per heavy atom. The predicted molar refractivity (Wildman–Crippen MR) is 69.5 cm³/mol. The van der Waals surface area contributed by atoms with E-state index in [4.69, 9.17) is 5.11 Å². The molecule has 1 saturated heterocycles. The Balaban J connectivity index is 2.01. The number of amides is 1. The summed E-state index contributed by atoms with van der Waals surface area (Å²) in [6.07, 6.45) is 6.42. The minimum atomic E-state index is -0.839. The lowest BCUT2D eigenvalue weighted by Crippen LogP contribution is -2.45. The van der Waals surface area contributed by atoms with E-state index >= 15 is 0 Å². The second-order valence-corrected chi connectivity index (χ2v) is 4.87. The average molecular weight is 262 g/mol. The van der Waals surface area contributed by atoms with Crippen LogP contribution in [0.15, 0.2) is 24.5 Å². The van der Waals surface area contributed by atoms with Crippen LogP contribution in [0.3, 0.4) is 0 Å². The minimum Gasteiger partial charge on any atom is -0.481 e. The van der Waals surface area contributed by atoms with Crippen LogP contribution in [-0.2, 0) is 16.0 Å². The SMILES string of the molecule is O=C(O)CC1CCCCN1C(=O)Cc1ccncc1. The van der Waals surface area contributed by atoms with Crippen molar-refractivity contribution in [1.82, 2.24) is 9.88 Å². The van der Waals surface area contributed by atoms with Crippen LogP contribution in [0.2, 0.25) is 0 Å². The largest absolute Gasteiger partial charge is 0.481 e. The van der Waals surface area contributed by atoms with E-state index in [0.717, 1.165) is 24.8 Å². The number of carboxylic acids is 1. The molecule has 0 saturated carbocycles. The lowest BCUT2D eigenvalue weighted by molar-refractivity contribution is -0.141. The van der Waals surface area contributed by atoms with Crippen molar-refractivity contribution in [2.45, 2.75) is 38.1 Å². The molecule has 1 atom stereocenters. The quantitative estimate of drug-likeness (QED) is 0.892. The van der Waals surface area contributed by atoms with Crippen LogP contribution in [0.25, 0.3) is 0 Å². The fourth-order valence-electron chi connectivity index (χ4n) is 2.52. The number of hydrogen-bond donors (Lipinski definition) is 1. The van der Waals surface area contributed by atoms with Crippen molar-refractivity contribution < 1.29 is 14.7 Å². The molecule has 1 aliphatic rings. The fourth-order valence-corrected chi connectivity index (χ4v) is 2.52. The number of carboxylic acid groups (broad SMARTS) is 1. The molecule has 1 N–H and O–H groups in total. The number of rotatable bonds is 4. The second-order valence-electron chi connectivity index (χ2n) is 4.87. The highest BCUT2D eigenvalue weighted by atomic mass is 16.4. The number of nitrogens with zero attached hydrogens (tertiary/aromatic N) is 2. The Hall–Kier alpha value is -1.91. The first kappa shape index (κ1) is 13.5. The van der Waals surface area contributed by atoms with Crippen molar-refractivity contribution >= 4 is 11.9 Å². The standard InChI is InChI=1S/C14H18N2O3/c17-13(9-11-4-6-15-7-5-11)16-8-2-1-3-12(16)10-14(18)19/h4-7,12H,1-3,8-10H2,(H,18,19). The van der Waals surface area contributed by atoms with Gasteiger partial charge in [0.25, 0.3) is 0 Å². The summed E-state index contributed by atoms with van der Waals surface area (Å²) in [7, 11) is 0. The van der Waals surface area contributed by atoms with E-state index in [-0.39, 0.29) is 18.4 Å². The lowest BCUT2D eigenvalue weighted by Gasteiger charge is -2.35. The van der Waals surface area contributed by atoms with Gasteiger partial charge in [-0.25, -0.2) is 0 Å². The monoisotopic (exact) mass is 262 g/mol. The number of hydrogen-bond acceptors (Lipinski definition) is 3. The summed E-state index contributed by atoms with van der Waals surface area (Å²) in [6, 6.07) is 3.47. The molecule has 1 aromatic rings. The third kappa shape index (κ3) is 3.77. The van der Waals surface area contributed by atoms with Crippen LogP contribution < -0.4 is 0 Å². The molecule has 2 heterocycles. The molecule has 1 fully saturated rings. The zero-order chi connectivity index (χ0) is 13.7. The molecule has 0 spiro atoms. The van der Waals surface area contributed by atoms with E-state index in [2.05, 4.69) is 4.98 Å². The van der Waals surface area contributed by atoms with Crippen molar-refractivity contribution in [3.8, 4) is 0 Å². The predicted octanol–water partition coefficient (Wildman–Crippen LogP) is 1.48. The van der Waals surface area contributed by atoms with Crippen molar-refractivity contribution in [3.63, 3.8) is 0 Å². The second kappa shape index (κ2) is 6.31. The molecular formula is C14H18N2O3. The highest BCUT2D eigenvalue weighted by Crippen LogP contribution is 2.20. The van der Waals surface area contributed by atoms with Gasteiger partial charge in [0, 0.05) is 25.0 Å². The summed E-state index contributed by atoms with van der Waals surface area (Å²) in [5.41, 5.74) is 0.916. The molecule has 5 nitrogen and oxygen atoms in total. The van der Waals surface area contributed by atoms with E-state index in [0.29, 0.717) is 13.0 Å². The van der Waals surface area contributed by atoms with Crippen LogP contribution in [0.4, 0.5) is 0 Å². The van der Waals surface area contributed by atoms with Crippen molar-refractivity contribution in [2.75, 3.05) is 6.54 Å². The highest BCUT2D eigenvalue weighted by Gasteiger charge is 2.28. The Kier molecular flexibility index (Phi) is 4.49. The Morgan fingerprint density at radius 3 is 2.74 bits per heavy atom. The molecule has 2 rings (SSSR count). The zero-order valence-electron chi connectivity index (χ0n) is 10.8. The van der Waals surface area contributed by atoms with Crippen molar-refractivity contribution in [2.24, 2.45) is 0 Å². The maximum absolute atomic E-state index is 12.3. The first-order chi connectivity index (χ1) is 9.16. The van der Waals surface area contributed by atoms with Gasteiger partial charge in [-0.05, 0) is 37.0 Å². The molecule has 0 radical (unpaired) electrons. The smallest absolute Gasteiger partial charge is 0.305 e. The van der Waals surface area contributed by atoms with E-state index in [1.54, 1.807) is 17.3 Å². The third-order valence-corrected chi connectivity index (χ3v) is 3.46. The van der Waals surface area contributed by atoms with Crippen LogP contribution in [0.1, 0.15) is 31.2 Å². The van der Waals surface area contributed by atoms with Gasteiger partial charge < -0.3 is 10.0 Å². The van der Waals surface area contributed by atoms with Crippen molar-refractivity contribution in [1.29, 1.82) is 0 Å². The summed E-state index contributed by atoms with van der Waals surface area (Å²) >= 11 is 0. The summed E-state index contributed by atoms with van der Waals surface area (Å²) in [5, 5.41) is 8.91. The normalized spacial score (nSPS) is 19.2. The lowest BCUT2D eigenvalue weighted by atomic mass is 9.98. The molecule has 5 heteroatoms. The van der Waals surface area contributed by atoms with Gasteiger partial charge in [-0.1, -0.05) is 0 Å². The number of piperidine rings is 1. The molecule has 1 amide bonds. The summed E-state index contributed by atoms with van der Waals surface area (Å²) in [4.78, 5) is 28.8. The zero-order valence-corrected chi connectivity index (χ0v) is 10.8. The van der Waals surface area contributed by atoms with E-state index in [1.807, 2.05) is 12.1 Å². The number of aliphatic carboxylic acids is 1. The Morgan fingerprint density at radius 1 is 1.32 bits per heavy atom. The van der Waals surface area contributed by atoms with E-state index in [1.165, 1.54) is 0 Å². The number of carbonyl (C=O) groups is 2. The summed E-state index contributed by atoms with van der Waals surface area (Å²) in [6.45, 7) is 0.669. The van der Waals surface area contributed by atoms with Crippen LogP contribution in [0.5, 0.6) is 0 Å². The Labute approximate surface area is 112 Å². The molecule has 1 unspecified atom stereocenters. The first-order valence-electron chi connectivity index (χ1n) is 6.57. The van der Waals surface area contributed by atoms with Gasteiger partial charge in [0.15, 0.2) is 0 Å². The summed E-state index contributed by atoms with van der Waals surface area (Å²) in [5.74, 6) is -0.828. The molecule has 0 aliphatic carbocycles. The molecule has 0 bridgehead atoms. The Bertz CT molecular complexity index is 447. The maximum Gasteiger partial charge on any atom is 0.305 e. The van der Waals surface area contributed by atoms with Gasteiger partial charge in [-0.2, -0.15) is 0 Å². The van der Waals surface area contributed by atoms with Crippen LogP contribution >= 0.6 is 0 Å². The summed E-state index contributed by atoms with van der Waals surface area (Å²) < 4.78 is 0. The van der Waals surface area contributed by atoms with E-state index < -0.39 is 5.97 Å². The van der Waals surface area contributed by atoms with Gasteiger partial charge in [0.2, 0.25) is 5.91 Å². The molecule has 1 aromatic heterocycles. The first-order valence-corrected chi connectivity index (χ1v) is 6.57. The molecule has 1 aliphatic heterocycles. The van der Waals surface area contributed by atoms with Crippen LogP contribution in [0, 0.1) is 0 Å². The van der Waals surface area contributed by atoms with Crippen LogP contribution in [-0.4, -0.2) is 39.5 Å². The molecule has 19 heavy (non-hydrogen) atoms. The molecular weight excluding hydrogens is 244 g/mol. The van der Waals surface area contributed by atoms with Gasteiger partial charge >= 0.3 is 5.97 Å². The van der Waals surface area contributed by atoms with Gasteiger partial charge in [0.1, 0.15) is 0 Å². The number of pyridine rings is 1. The van der Waals surface area contributed by atoms with Gasteiger partial charge in [-0.15, -0.1) is 0 Å². The average Bonchev–Trinajstić information content (AvgIpc) is 2.39. The van der Waals surface area contributed by atoms with Gasteiger partial charge in [0.05, 0.1) is 12.8 Å². The molecule has 102 valence electrons. The highest BCUT2D eigenvalue weighted by molar-refractivity contribution is 5.80. The van der Waals surface area contributed by atoms with E-state index in [9.17, 15) is 9.59 Å². The minimum absolute atomic E-state index is 0.0113. The maximum atomic E-state index is 12.3. The van der Waals surface area contributed by atoms with Gasteiger partial charge in [-0.3, -0.25) is 14.6 Å². The number of aromatic nitrogens is 1. The molecule has 0 aromatic carbocycles. The number of likely N-dealkylation sites (tertiary alicyclic amines) is 1. The van der Waals surface area contributed by atoms with Crippen molar-refractivity contribution in [3.05, 3.63) is 30.1 Å².